The van der Waals surface area contributed by atoms with Crippen LogP contribution in [0, 0.1) is 27.7 Å². The second kappa shape index (κ2) is 13.9. The third-order valence-corrected chi connectivity index (χ3v) is 12.2. The summed E-state index contributed by atoms with van der Waals surface area (Å²) in [6.45, 7) is 11.4. The highest BCUT2D eigenvalue weighted by molar-refractivity contribution is 7.12. The standard InChI is InChI=1S/C37H38ClN7S3/c1-20-16-41-37(45-34(20)30-12-21(2)46-23(30)4)42-17-28-15-29(22(3)48-28)33-10-11-40-36(44-33)26-8-6-25(7-9-26)13-27-14-31(24(5)47-27)35-32(38)18-39-19-43-35/h6-12,14-16,18-19,33-35H,13,17H2,1-5H3,(H,39,43)(H,40,44)(H2,41,42,45). The first-order valence-electron chi connectivity index (χ1n) is 15.9. The van der Waals surface area contributed by atoms with E-state index >= 15 is 0 Å². The zero-order valence-electron chi connectivity index (χ0n) is 27.5. The molecule has 0 radical (unpaired) electrons. The number of thiophene rings is 3. The molecular weight excluding hydrogens is 674 g/mol. The van der Waals surface area contributed by atoms with Crippen molar-refractivity contribution in [3.63, 3.8) is 0 Å². The number of aryl methyl sites for hydroxylation is 4. The summed E-state index contributed by atoms with van der Waals surface area (Å²) in [6, 6.07) is 15.5. The van der Waals surface area contributed by atoms with Crippen LogP contribution in [0.4, 0.5) is 0 Å². The van der Waals surface area contributed by atoms with E-state index < -0.39 is 0 Å². The molecule has 0 aliphatic carbocycles. The average Bonchev–Trinajstić information content (AvgIpc) is 3.75. The number of rotatable bonds is 8. The van der Waals surface area contributed by atoms with Gasteiger partial charge in [-0.1, -0.05) is 35.9 Å². The molecule has 246 valence electrons. The molecule has 0 amide bonds. The molecule has 4 N–H and O–H groups in total. The van der Waals surface area contributed by atoms with Gasteiger partial charge in [0.05, 0.1) is 30.0 Å². The third kappa shape index (κ3) is 6.94. The molecule has 4 aromatic rings. The van der Waals surface area contributed by atoms with Crippen LogP contribution >= 0.6 is 45.6 Å². The van der Waals surface area contributed by atoms with Gasteiger partial charge in [0, 0.05) is 59.8 Å². The quantitative estimate of drug-likeness (QED) is 0.147. The molecule has 48 heavy (non-hydrogen) atoms. The molecule has 0 saturated carbocycles. The Morgan fingerprint density at radius 3 is 2.35 bits per heavy atom. The molecule has 7 rings (SSSR count). The van der Waals surface area contributed by atoms with Crippen LogP contribution in [-0.2, 0) is 13.0 Å². The summed E-state index contributed by atoms with van der Waals surface area (Å²) in [5.41, 5.74) is 7.30. The van der Waals surface area contributed by atoms with Gasteiger partial charge in [-0.25, -0.2) is 4.99 Å². The van der Waals surface area contributed by atoms with Crippen molar-refractivity contribution >= 4 is 63.7 Å². The molecule has 3 aromatic heterocycles. The van der Waals surface area contributed by atoms with Crippen molar-refractivity contribution in [2.45, 2.75) is 65.7 Å². The minimum Gasteiger partial charge on any atom is -0.352 e. The van der Waals surface area contributed by atoms with E-state index in [1.807, 2.05) is 28.9 Å². The largest absolute Gasteiger partial charge is 0.352 e. The van der Waals surface area contributed by atoms with Crippen LogP contribution in [-0.4, -0.2) is 18.1 Å². The number of benzene rings is 1. The summed E-state index contributed by atoms with van der Waals surface area (Å²) in [4.78, 5) is 22.3. The van der Waals surface area contributed by atoms with Crippen LogP contribution in [0.3, 0.4) is 0 Å². The van der Waals surface area contributed by atoms with E-state index in [4.69, 9.17) is 21.6 Å². The molecule has 0 fully saturated rings. The molecule has 1 aromatic carbocycles. The maximum atomic E-state index is 6.44. The Balaban J connectivity index is 1.01. The molecule has 3 unspecified atom stereocenters. The maximum absolute atomic E-state index is 6.44. The number of amidine groups is 1. The number of aliphatic imine (C=N–C) groups is 3. The smallest absolute Gasteiger partial charge is 0.196 e. The van der Waals surface area contributed by atoms with E-state index in [-0.39, 0.29) is 18.1 Å². The van der Waals surface area contributed by atoms with Gasteiger partial charge in [0.15, 0.2) is 5.96 Å². The minimum atomic E-state index is -0.126. The highest BCUT2D eigenvalue weighted by atomic mass is 35.5. The van der Waals surface area contributed by atoms with Crippen molar-refractivity contribution < 1.29 is 0 Å². The van der Waals surface area contributed by atoms with Crippen molar-refractivity contribution in [1.29, 1.82) is 0 Å². The fraction of sp³-hybridized carbons (Fsp3) is 0.270. The zero-order valence-corrected chi connectivity index (χ0v) is 30.7. The fourth-order valence-electron chi connectivity index (χ4n) is 6.28. The summed E-state index contributed by atoms with van der Waals surface area (Å²) in [5.74, 6) is 1.68. The van der Waals surface area contributed by atoms with Crippen molar-refractivity contribution in [3.8, 4) is 0 Å². The van der Waals surface area contributed by atoms with Gasteiger partial charge in [0.2, 0.25) is 0 Å². The minimum absolute atomic E-state index is 0.0460. The number of nitrogens with zero attached hydrogens (tertiary/aromatic N) is 3. The van der Waals surface area contributed by atoms with Crippen LogP contribution < -0.4 is 21.3 Å². The molecule has 0 bridgehead atoms. The Bertz CT molecular complexity index is 2020. The molecule has 3 atom stereocenters. The van der Waals surface area contributed by atoms with Crippen LogP contribution in [0.1, 0.15) is 82.1 Å². The van der Waals surface area contributed by atoms with Gasteiger partial charge in [-0.2, -0.15) is 0 Å². The van der Waals surface area contributed by atoms with Crippen molar-refractivity contribution in [1.82, 2.24) is 21.3 Å². The lowest BCUT2D eigenvalue weighted by molar-refractivity contribution is 0.693. The van der Waals surface area contributed by atoms with Gasteiger partial charge < -0.3 is 21.3 Å². The lowest BCUT2D eigenvalue weighted by atomic mass is 10.00. The summed E-state index contributed by atoms with van der Waals surface area (Å²) >= 11 is 11.9. The molecule has 11 heteroatoms. The van der Waals surface area contributed by atoms with E-state index in [0.29, 0.717) is 11.6 Å². The van der Waals surface area contributed by atoms with Crippen LogP contribution in [0.2, 0.25) is 0 Å². The predicted octanol–water partition coefficient (Wildman–Crippen LogP) is 8.75. The molecule has 6 heterocycles. The van der Waals surface area contributed by atoms with Crippen LogP contribution in [0.25, 0.3) is 0 Å². The number of nitrogens with one attached hydrogen (secondary N) is 4. The maximum Gasteiger partial charge on any atom is 0.196 e. The van der Waals surface area contributed by atoms with Gasteiger partial charge in [-0.15, -0.1) is 34.0 Å². The number of halogens is 1. The van der Waals surface area contributed by atoms with Gasteiger partial charge in [-0.3, -0.25) is 9.98 Å². The molecule has 7 nitrogen and oxygen atoms in total. The highest BCUT2D eigenvalue weighted by Gasteiger charge is 2.24. The summed E-state index contributed by atoms with van der Waals surface area (Å²) in [7, 11) is 0. The van der Waals surface area contributed by atoms with E-state index in [2.05, 4.69) is 116 Å². The summed E-state index contributed by atoms with van der Waals surface area (Å²) < 4.78 is 0. The monoisotopic (exact) mass is 711 g/mol. The van der Waals surface area contributed by atoms with Gasteiger partial charge in [0.1, 0.15) is 11.9 Å². The Morgan fingerprint density at radius 1 is 0.833 bits per heavy atom. The average molecular weight is 712 g/mol. The first-order valence-corrected chi connectivity index (χ1v) is 18.8. The van der Waals surface area contributed by atoms with Crippen LogP contribution in [0.5, 0.6) is 0 Å². The zero-order chi connectivity index (χ0) is 33.4. The number of hydrogen-bond donors (Lipinski definition) is 4. The highest BCUT2D eigenvalue weighted by Crippen LogP contribution is 2.37. The molecule has 0 spiro atoms. The SMILES string of the molecule is CC1=CNC(=NCc2cc(C3C=CNC(c4ccc(Cc5cc(C6N=CNC=C6Cl)c(C)s5)cc4)=N3)c(C)s2)NC1c1cc(C)sc1C. The van der Waals surface area contributed by atoms with Gasteiger partial charge in [-0.05, 0) is 86.7 Å². The molecule has 3 aliphatic rings. The van der Waals surface area contributed by atoms with Crippen molar-refractivity contribution in [2.24, 2.45) is 15.0 Å². The van der Waals surface area contributed by atoms with Gasteiger partial charge in [0.25, 0.3) is 0 Å². The first-order chi connectivity index (χ1) is 23.2. The predicted molar refractivity (Wildman–Crippen MR) is 205 cm³/mol. The topological polar surface area (TPSA) is 85.2 Å². The van der Waals surface area contributed by atoms with Crippen molar-refractivity contribution in [2.75, 3.05) is 0 Å². The van der Waals surface area contributed by atoms with Crippen LogP contribution in [0.15, 0.2) is 92.7 Å². The summed E-state index contributed by atoms with van der Waals surface area (Å²) in [6.07, 6.45) is 10.6. The lowest BCUT2D eigenvalue weighted by Crippen LogP contribution is -2.41. The molecular formula is C37H38ClN7S3. The Kier molecular flexibility index (Phi) is 9.42. The van der Waals surface area contributed by atoms with E-state index in [1.54, 1.807) is 23.9 Å². The third-order valence-electron chi connectivity index (χ3n) is 8.74. The van der Waals surface area contributed by atoms with Crippen molar-refractivity contribution in [3.05, 3.63) is 135 Å². The number of hydrogen-bond acceptors (Lipinski definition) is 8. The summed E-state index contributed by atoms with van der Waals surface area (Å²) in [5, 5.41) is 14.0. The Labute approximate surface area is 299 Å². The van der Waals surface area contributed by atoms with Gasteiger partial charge >= 0.3 is 0 Å². The second-order valence-corrected chi connectivity index (χ2v) is 16.8. The lowest BCUT2D eigenvalue weighted by Gasteiger charge is -2.26. The normalized spacial score (nSPS) is 21.2. The second-order valence-electron chi connectivity index (χ2n) is 12.3. The number of guanidine groups is 1. The van der Waals surface area contributed by atoms with E-state index in [9.17, 15) is 0 Å². The fourth-order valence-corrected chi connectivity index (χ4v) is 9.59. The molecule has 0 saturated heterocycles. The van der Waals surface area contributed by atoms with E-state index in [0.717, 1.165) is 23.8 Å². The Morgan fingerprint density at radius 2 is 1.58 bits per heavy atom. The Hall–Kier alpha value is -3.96. The van der Waals surface area contributed by atoms with E-state index in [1.165, 1.54) is 57.1 Å². The molecule has 3 aliphatic heterocycles. The first kappa shape index (κ1) is 32.6.